The molecule has 5 nitrogen and oxygen atoms in total. The molecule has 3 aromatic rings. The van der Waals surface area contributed by atoms with Gasteiger partial charge in [0.2, 0.25) is 0 Å². The Morgan fingerprint density at radius 1 is 1.03 bits per heavy atom. The van der Waals surface area contributed by atoms with Gasteiger partial charge in [-0.2, -0.15) is 18.3 Å². The van der Waals surface area contributed by atoms with E-state index in [2.05, 4.69) is 10.4 Å². The highest BCUT2D eigenvalue weighted by molar-refractivity contribution is 6.04. The number of carbonyl (C=O) groups excluding carboxylic acids is 1. The number of fused-ring (bicyclic) bond motifs is 1. The second kappa shape index (κ2) is 8.83. The first-order valence-corrected chi connectivity index (χ1v) is 10.2. The molecule has 0 aliphatic heterocycles. The fourth-order valence-corrected chi connectivity index (χ4v) is 3.76. The van der Waals surface area contributed by atoms with Crippen LogP contribution in [0.25, 0.3) is 0 Å². The number of carbonyl (C=O) groups is 1. The largest absolute Gasteiger partial charge is 0.492 e. The van der Waals surface area contributed by atoms with Crippen LogP contribution in [-0.2, 0) is 25.6 Å². The van der Waals surface area contributed by atoms with Crippen molar-refractivity contribution in [2.45, 2.75) is 38.4 Å². The van der Waals surface area contributed by atoms with E-state index in [1.165, 1.54) is 4.68 Å². The van der Waals surface area contributed by atoms with Crippen molar-refractivity contribution in [3.63, 3.8) is 0 Å². The molecule has 0 atom stereocenters. The first-order chi connectivity index (χ1) is 14.9. The van der Waals surface area contributed by atoms with Crippen molar-refractivity contribution in [1.82, 2.24) is 9.78 Å². The lowest BCUT2D eigenvalue weighted by molar-refractivity contribution is -0.142. The van der Waals surface area contributed by atoms with Crippen molar-refractivity contribution >= 4 is 11.6 Å². The summed E-state index contributed by atoms with van der Waals surface area (Å²) in [4.78, 5) is 12.3. The number of nitrogens with zero attached hydrogens (tertiary/aromatic N) is 2. The number of anilines is 1. The maximum absolute atomic E-state index is 13.3. The predicted octanol–water partition coefficient (Wildman–Crippen LogP) is 5.11. The Bertz CT molecular complexity index is 1040. The van der Waals surface area contributed by atoms with Crippen LogP contribution >= 0.6 is 0 Å². The standard InChI is InChI=1S/C23H22F3N3O2/c24-23(25,26)21-19-8-4-5-9-20(19)29(28-21)14-15-31-18-12-10-16(11-13-18)22(30)27-17-6-2-1-3-7-17/h1-3,6-7,10-13H,4-5,8-9,14-15H2,(H,27,30). The highest BCUT2D eigenvalue weighted by Crippen LogP contribution is 2.35. The van der Waals surface area contributed by atoms with E-state index in [1.807, 2.05) is 18.2 Å². The maximum Gasteiger partial charge on any atom is 0.435 e. The van der Waals surface area contributed by atoms with Crippen LogP contribution in [0.1, 0.15) is 40.2 Å². The molecule has 0 fully saturated rings. The van der Waals surface area contributed by atoms with Crippen LogP contribution in [0.15, 0.2) is 54.6 Å². The molecule has 8 heteroatoms. The van der Waals surface area contributed by atoms with Gasteiger partial charge in [-0.1, -0.05) is 18.2 Å². The van der Waals surface area contributed by atoms with Crippen LogP contribution < -0.4 is 10.1 Å². The Kier molecular flexibility index (Phi) is 5.97. The summed E-state index contributed by atoms with van der Waals surface area (Å²) in [6.45, 7) is 0.412. The molecule has 1 aliphatic carbocycles. The number of rotatable bonds is 6. The van der Waals surface area contributed by atoms with Gasteiger partial charge in [0.15, 0.2) is 5.69 Å². The quantitative estimate of drug-likeness (QED) is 0.592. The lowest BCUT2D eigenvalue weighted by Gasteiger charge is -2.15. The molecule has 0 saturated carbocycles. The fourth-order valence-electron chi connectivity index (χ4n) is 3.76. The highest BCUT2D eigenvalue weighted by atomic mass is 19.4. The van der Waals surface area contributed by atoms with E-state index >= 15 is 0 Å². The van der Waals surface area contributed by atoms with Gasteiger partial charge in [0.1, 0.15) is 12.4 Å². The van der Waals surface area contributed by atoms with E-state index in [0.29, 0.717) is 41.1 Å². The topological polar surface area (TPSA) is 56.1 Å². The summed E-state index contributed by atoms with van der Waals surface area (Å²) < 4.78 is 46.9. The van der Waals surface area contributed by atoms with Gasteiger partial charge in [0, 0.05) is 22.5 Å². The number of nitrogens with one attached hydrogen (secondary N) is 1. The molecule has 31 heavy (non-hydrogen) atoms. The average molecular weight is 429 g/mol. The Balaban J connectivity index is 1.36. The Morgan fingerprint density at radius 3 is 2.45 bits per heavy atom. The molecule has 0 spiro atoms. The number of hydrogen-bond acceptors (Lipinski definition) is 3. The van der Waals surface area contributed by atoms with Gasteiger partial charge in [-0.3, -0.25) is 9.48 Å². The third kappa shape index (κ3) is 4.90. The average Bonchev–Trinajstić information content (AvgIpc) is 3.14. The molecule has 1 aromatic heterocycles. The lowest BCUT2D eigenvalue weighted by atomic mass is 9.95. The summed E-state index contributed by atoms with van der Waals surface area (Å²) in [5, 5.41) is 6.63. The predicted molar refractivity (Wildman–Crippen MR) is 110 cm³/mol. The van der Waals surface area contributed by atoms with Gasteiger partial charge in [-0.05, 0) is 62.1 Å². The van der Waals surface area contributed by atoms with Gasteiger partial charge in [-0.15, -0.1) is 0 Å². The minimum atomic E-state index is -4.44. The van der Waals surface area contributed by atoms with Gasteiger partial charge >= 0.3 is 6.18 Å². The molecular formula is C23H22F3N3O2. The summed E-state index contributed by atoms with van der Waals surface area (Å²) in [5.41, 5.74) is 1.40. The summed E-state index contributed by atoms with van der Waals surface area (Å²) >= 11 is 0. The monoisotopic (exact) mass is 429 g/mol. The molecule has 4 rings (SSSR count). The molecule has 0 saturated heterocycles. The van der Waals surface area contributed by atoms with Crippen molar-refractivity contribution in [3.8, 4) is 5.75 Å². The van der Waals surface area contributed by atoms with Crippen LogP contribution in [-0.4, -0.2) is 22.3 Å². The Morgan fingerprint density at radius 2 is 1.74 bits per heavy atom. The van der Waals surface area contributed by atoms with Crippen molar-refractivity contribution in [2.24, 2.45) is 0 Å². The van der Waals surface area contributed by atoms with Crippen LogP contribution in [0.4, 0.5) is 18.9 Å². The first kappa shape index (κ1) is 21.0. The number of aromatic nitrogens is 2. The normalized spacial score (nSPS) is 13.5. The van der Waals surface area contributed by atoms with E-state index in [1.54, 1.807) is 36.4 Å². The number of benzene rings is 2. The summed E-state index contributed by atoms with van der Waals surface area (Å²) in [6, 6.07) is 15.8. The number of ether oxygens (including phenoxy) is 1. The van der Waals surface area contributed by atoms with Crippen molar-refractivity contribution in [2.75, 3.05) is 11.9 Å². The molecule has 1 aliphatic rings. The number of para-hydroxylation sites is 1. The van der Waals surface area contributed by atoms with Crippen LogP contribution in [0.2, 0.25) is 0 Å². The van der Waals surface area contributed by atoms with E-state index < -0.39 is 11.9 Å². The van der Waals surface area contributed by atoms with Crippen molar-refractivity contribution in [1.29, 1.82) is 0 Å². The van der Waals surface area contributed by atoms with Crippen LogP contribution in [0, 0.1) is 0 Å². The zero-order valence-corrected chi connectivity index (χ0v) is 16.8. The fraction of sp³-hybridized carbons (Fsp3) is 0.304. The second-order valence-electron chi connectivity index (χ2n) is 7.39. The molecule has 0 unspecified atom stereocenters. The minimum absolute atomic E-state index is 0.182. The second-order valence-corrected chi connectivity index (χ2v) is 7.39. The van der Waals surface area contributed by atoms with Gasteiger partial charge in [-0.25, -0.2) is 0 Å². The minimum Gasteiger partial charge on any atom is -0.492 e. The summed E-state index contributed by atoms with van der Waals surface area (Å²) in [6.07, 6.45) is -1.81. The third-order valence-corrected chi connectivity index (χ3v) is 5.25. The third-order valence-electron chi connectivity index (χ3n) is 5.25. The van der Waals surface area contributed by atoms with Crippen molar-refractivity contribution in [3.05, 3.63) is 77.1 Å². The molecule has 0 bridgehead atoms. The van der Waals surface area contributed by atoms with Crippen LogP contribution in [0.3, 0.4) is 0 Å². The molecular weight excluding hydrogens is 407 g/mol. The summed E-state index contributed by atoms with van der Waals surface area (Å²) in [5.74, 6) is 0.300. The Labute approximate surface area is 177 Å². The van der Waals surface area contributed by atoms with E-state index in [-0.39, 0.29) is 19.1 Å². The first-order valence-electron chi connectivity index (χ1n) is 10.2. The lowest BCUT2D eigenvalue weighted by Crippen LogP contribution is -2.14. The van der Waals surface area contributed by atoms with Crippen molar-refractivity contribution < 1.29 is 22.7 Å². The van der Waals surface area contributed by atoms with E-state index in [9.17, 15) is 18.0 Å². The smallest absolute Gasteiger partial charge is 0.435 e. The molecule has 0 radical (unpaired) electrons. The number of amides is 1. The maximum atomic E-state index is 13.3. The molecule has 1 N–H and O–H groups in total. The van der Waals surface area contributed by atoms with E-state index in [4.69, 9.17) is 4.74 Å². The highest BCUT2D eigenvalue weighted by Gasteiger charge is 2.39. The number of halogens is 3. The van der Waals surface area contributed by atoms with Crippen LogP contribution in [0.5, 0.6) is 5.75 Å². The molecule has 2 aromatic carbocycles. The summed E-state index contributed by atoms with van der Waals surface area (Å²) in [7, 11) is 0. The number of alkyl halides is 3. The zero-order chi connectivity index (χ0) is 21.8. The van der Waals surface area contributed by atoms with Gasteiger partial charge in [0.05, 0.1) is 6.54 Å². The van der Waals surface area contributed by atoms with E-state index in [0.717, 1.165) is 12.8 Å². The van der Waals surface area contributed by atoms with Gasteiger partial charge in [0.25, 0.3) is 5.91 Å². The SMILES string of the molecule is O=C(Nc1ccccc1)c1ccc(OCCn2nc(C(F)(F)F)c3c2CCCC3)cc1. The zero-order valence-electron chi connectivity index (χ0n) is 16.8. The number of hydrogen-bond donors (Lipinski definition) is 1. The molecule has 1 amide bonds. The molecule has 162 valence electrons. The molecule has 1 heterocycles. The Hall–Kier alpha value is -3.29. The van der Waals surface area contributed by atoms with Gasteiger partial charge < -0.3 is 10.1 Å².